The normalized spacial score (nSPS) is 17.5. The highest BCUT2D eigenvalue weighted by Crippen LogP contribution is 2.30. The molecular formula is C21H26N2O5S. The summed E-state index contributed by atoms with van der Waals surface area (Å²) in [6.07, 6.45) is 1.29. The largest absolute Gasteiger partial charge is 0.497 e. The number of sulfonamides is 1. The van der Waals surface area contributed by atoms with Crippen LogP contribution in [0.2, 0.25) is 0 Å². The van der Waals surface area contributed by atoms with Crippen molar-refractivity contribution in [3.63, 3.8) is 0 Å². The number of piperidine rings is 1. The number of amides is 1. The molecule has 1 heterocycles. The molecule has 1 atom stereocenters. The van der Waals surface area contributed by atoms with Gasteiger partial charge >= 0.3 is 0 Å². The predicted molar refractivity (Wildman–Crippen MR) is 112 cm³/mol. The molecule has 2 aromatic carbocycles. The van der Waals surface area contributed by atoms with Crippen LogP contribution in [0.5, 0.6) is 11.5 Å². The monoisotopic (exact) mass is 418 g/mol. The van der Waals surface area contributed by atoms with Crippen molar-refractivity contribution >= 4 is 21.6 Å². The third-order valence-corrected chi connectivity index (χ3v) is 6.82. The van der Waals surface area contributed by atoms with Crippen LogP contribution in [0, 0.1) is 5.92 Å². The minimum atomic E-state index is -3.49. The molecule has 1 aliphatic rings. The zero-order chi connectivity index (χ0) is 20.9. The number of methoxy groups -OCH3 is 2. The molecule has 0 spiro atoms. The molecule has 1 fully saturated rings. The van der Waals surface area contributed by atoms with E-state index in [1.807, 2.05) is 18.2 Å². The first-order chi connectivity index (χ1) is 13.9. The second-order valence-corrected chi connectivity index (χ2v) is 8.96. The van der Waals surface area contributed by atoms with Crippen molar-refractivity contribution in [2.24, 2.45) is 5.92 Å². The van der Waals surface area contributed by atoms with Crippen LogP contribution in [0.25, 0.3) is 0 Å². The zero-order valence-corrected chi connectivity index (χ0v) is 17.4. The van der Waals surface area contributed by atoms with Crippen LogP contribution in [0.15, 0.2) is 48.5 Å². The summed E-state index contributed by atoms with van der Waals surface area (Å²) in [5.41, 5.74) is 1.27. The fourth-order valence-electron chi connectivity index (χ4n) is 3.42. The molecule has 0 saturated carbocycles. The molecule has 1 N–H and O–H groups in total. The van der Waals surface area contributed by atoms with E-state index in [4.69, 9.17) is 9.47 Å². The van der Waals surface area contributed by atoms with E-state index >= 15 is 0 Å². The first-order valence-electron chi connectivity index (χ1n) is 9.47. The van der Waals surface area contributed by atoms with Gasteiger partial charge < -0.3 is 14.8 Å². The molecule has 2 aromatic rings. The molecule has 156 valence electrons. The molecule has 0 bridgehead atoms. The number of nitrogens with one attached hydrogen (secondary N) is 1. The third-order valence-electron chi connectivity index (χ3n) is 5.01. The van der Waals surface area contributed by atoms with Crippen molar-refractivity contribution in [2.75, 3.05) is 32.6 Å². The summed E-state index contributed by atoms with van der Waals surface area (Å²) >= 11 is 0. The summed E-state index contributed by atoms with van der Waals surface area (Å²) < 4.78 is 37.5. The topological polar surface area (TPSA) is 84.9 Å². The lowest BCUT2D eigenvalue weighted by molar-refractivity contribution is -0.120. The van der Waals surface area contributed by atoms with Gasteiger partial charge in [-0.25, -0.2) is 12.7 Å². The number of hydrogen-bond acceptors (Lipinski definition) is 5. The maximum atomic E-state index is 12.8. The van der Waals surface area contributed by atoms with E-state index in [0.717, 1.165) is 5.56 Å². The third kappa shape index (κ3) is 5.27. The summed E-state index contributed by atoms with van der Waals surface area (Å²) in [4.78, 5) is 12.8. The van der Waals surface area contributed by atoms with Gasteiger partial charge in [-0.05, 0) is 30.5 Å². The highest BCUT2D eigenvalue weighted by atomic mass is 32.2. The molecule has 29 heavy (non-hydrogen) atoms. The van der Waals surface area contributed by atoms with Crippen molar-refractivity contribution in [3.05, 3.63) is 54.1 Å². The van der Waals surface area contributed by atoms with Crippen molar-refractivity contribution in [2.45, 2.75) is 18.6 Å². The van der Waals surface area contributed by atoms with Gasteiger partial charge in [0.2, 0.25) is 15.9 Å². The van der Waals surface area contributed by atoms with Crippen LogP contribution in [-0.2, 0) is 20.6 Å². The molecule has 1 unspecified atom stereocenters. The van der Waals surface area contributed by atoms with Crippen LogP contribution < -0.4 is 14.8 Å². The number of nitrogens with zero attached hydrogens (tertiary/aromatic N) is 1. The van der Waals surface area contributed by atoms with Crippen molar-refractivity contribution < 1.29 is 22.7 Å². The van der Waals surface area contributed by atoms with Gasteiger partial charge in [-0.1, -0.05) is 30.3 Å². The lowest BCUT2D eigenvalue weighted by Gasteiger charge is -2.31. The van der Waals surface area contributed by atoms with Gasteiger partial charge in [0.1, 0.15) is 11.5 Å². The van der Waals surface area contributed by atoms with Crippen molar-refractivity contribution in [1.82, 2.24) is 4.31 Å². The van der Waals surface area contributed by atoms with Gasteiger partial charge in [0.05, 0.1) is 31.6 Å². The number of hydrogen-bond donors (Lipinski definition) is 1. The van der Waals surface area contributed by atoms with Crippen LogP contribution in [0.1, 0.15) is 18.4 Å². The standard InChI is InChI=1S/C21H26N2O5S/c1-27-18-10-11-19(20(13-18)28-2)22-21(24)17-9-6-12-23(14-17)29(25,26)15-16-7-4-3-5-8-16/h3-5,7-8,10-11,13,17H,6,9,12,14-15H2,1-2H3,(H,22,24). The van der Waals surface area contributed by atoms with Gasteiger partial charge in [-0.15, -0.1) is 0 Å². The van der Waals surface area contributed by atoms with E-state index in [2.05, 4.69) is 5.32 Å². The number of carbonyl (C=O) groups is 1. The van der Waals surface area contributed by atoms with Crippen LogP contribution >= 0.6 is 0 Å². The zero-order valence-electron chi connectivity index (χ0n) is 16.6. The van der Waals surface area contributed by atoms with Gasteiger partial charge in [0.15, 0.2) is 0 Å². The summed E-state index contributed by atoms with van der Waals surface area (Å²) in [5, 5.41) is 2.86. The number of carbonyl (C=O) groups excluding carboxylic acids is 1. The van der Waals surface area contributed by atoms with E-state index in [9.17, 15) is 13.2 Å². The Labute approximate surface area is 171 Å². The first-order valence-corrected chi connectivity index (χ1v) is 11.1. The van der Waals surface area contributed by atoms with E-state index in [1.165, 1.54) is 11.4 Å². The Bertz CT molecular complexity index is 947. The molecule has 3 rings (SSSR count). The average Bonchev–Trinajstić information content (AvgIpc) is 2.74. The highest BCUT2D eigenvalue weighted by Gasteiger charge is 2.32. The summed E-state index contributed by atoms with van der Waals surface area (Å²) in [5.74, 6) is 0.418. The smallest absolute Gasteiger partial charge is 0.228 e. The van der Waals surface area contributed by atoms with E-state index in [0.29, 0.717) is 36.6 Å². The maximum Gasteiger partial charge on any atom is 0.228 e. The average molecular weight is 419 g/mol. The second-order valence-electron chi connectivity index (χ2n) is 6.99. The molecule has 0 aromatic heterocycles. The number of ether oxygens (including phenoxy) is 2. The summed E-state index contributed by atoms with van der Waals surface area (Å²) in [7, 11) is -0.414. The molecular weight excluding hydrogens is 392 g/mol. The lowest BCUT2D eigenvalue weighted by Crippen LogP contribution is -2.44. The molecule has 0 radical (unpaired) electrons. The number of benzene rings is 2. The minimum Gasteiger partial charge on any atom is -0.497 e. The highest BCUT2D eigenvalue weighted by molar-refractivity contribution is 7.88. The van der Waals surface area contributed by atoms with Gasteiger partial charge in [0, 0.05) is 19.2 Å². The Hall–Kier alpha value is -2.58. The SMILES string of the molecule is COc1ccc(NC(=O)C2CCCN(S(=O)(=O)Cc3ccccc3)C2)c(OC)c1. The lowest BCUT2D eigenvalue weighted by atomic mass is 9.98. The van der Waals surface area contributed by atoms with Crippen molar-refractivity contribution in [3.8, 4) is 11.5 Å². The fraction of sp³-hybridized carbons (Fsp3) is 0.381. The minimum absolute atomic E-state index is 0.0610. The molecule has 1 amide bonds. The van der Waals surface area contributed by atoms with E-state index in [-0.39, 0.29) is 18.2 Å². The predicted octanol–water partition coefficient (Wildman–Crippen LogP) is 2.88. The van der Waals surface area contributed by atoms with Crippen LogP contribution in [0.4, 0.5) is 5.69 Å². The van der Waals surface area contributed by atoms with Gasteiger partial charge in [0.25, 0.3) is 0 Å². The number of anilines is 1. The maximum absolute atomic E-state index is 12.8. The Kier molecular flexibility index (Phi) is 6.76. The van der Waals surface area contributed by atoms with E-state index < -0.39 is 15.9 Å². The van der Waals surface area contributed by atoms with Crippen molar-refractivity contribution in [1.29, 1.82) is 0 Å². The summed E-state index contributed by atoms with van der Waals surface area (Å²) in [6.45, 7) is 0.615. The van der Waals surface area contributed by atoms with Gasteiger partial charge in [-0.2, -0.15) is 0 Å². The Morgan fingerprint density at radius 1 is 1.14 bits per heavy atom. The molecule has 7 nitrogen and oxygen atoms in total. The Balaban J connectivity index is 1.68. The van der Waals surface area contributed by atoms with E-state index in [1.54, 1.807) is 37.4 Å². The quantitative estimate of drug-likeness (QED) is 0.747. The fourth-order valence-corrected chi connectivity index (χ4v) is 5.03. The molecule has 0 aliphatic carbocycles. The van der Waals surface area contributed by atoms with Crippen LogP contribution in [0.3, 0.4) is 0 Å². The molecule has 1 aliphatic heterocycles. The second kappa shape index (κ2) is 9.28. The number of rotatable bonds is 7. The van der Waals surface area contributed by atoms with Crippen LogP contribution in [-0.4, -0.2) is 45.9 Å². The first kappa shape index (κ1) is 21.1. The Morgan fingerprint density at radius 3 is 2.59 bits per heavy atom. The molecule has 8 heteroatoms. The van der Waals surface area contributed by atoms with Gasteiger partial charge in [-0.3, -0.25) is 4.79 Å². The molecule has 1 saturated heterocycles. The summed E-state index contributed by atoms with van der Waals surface area (Å²) in [6, 6.07) is 14.2. The Morgan fingerprint density at radius 2 is 1.90 bits per heavy atom.